The van der Waals surface area contributed by atoms with E-state index in [4.69, 9.17) is 11.5 Å². The summed E-state index contributed by atoms with van der Waals surface area (Å²) >= 11 is 0. The third kappa shape index (κ3) is 2.50. The van der Waals surface area contributed by atoms with Crippen molar-refractivity contribution in [3.05, 3.63) is 30.1 Å². The summed E-state index contributed by atoms with van der Waals surface area (Å²) in [7, 11) is 0. The molecular weight excluding hydrogens is 162 g/mol. The highest BCUT2D eigenvalue weighted by Gasteiger charge is 2.15. The number of aromatic nitrogens is 1. The van der Waals surface area contributed by atoms with Crippen molar-refractivity contribution in [3.8, 4) is 0 Å². The summed E-state index contributed by atoms with van der Waals surface area (Å²) in [4.78, 5) is 3.95. The first-order valence-corrected chi connectivity index (χ1v) is 4.65. The molecular formula is C10H17N3. The van der Waals surface area contributed by atoms with Crippen LogP contribution in [0.5, 0.6) is 0 Å². The van der Waals surface area contributed by atoms with Crippen molar-refractivity contribution in [1.82, 2.24) is 4.98 Å². The van der Waals surface area contributed by atoms with Crippen molar-refractivity contribution in [1.29, 1.82) is 0 Å². The van der Waals surface area contributed by atoms with Gasteiger partial charge in [-0.05, 0) is 30.2 Å². The first-order valence-electron chi connectivity index (χ1n) is 4.65. The largest absolute Gasteiger partial charge is 0.330 e. The standard InChI is InChI=1S/C10H17N3/c1-2-8(7-11)10(12)9-3-5-13-6-4-9/h3-6,8,10H,2,7,11-12H2,1H3. The van der Waals surface area contributed by atoms with Crippen LogP contribution in [0.3, 0.4) is 0 Å². The Morgan fingerprint density at radius 3 is 2.46 bits per heavy atom. The Kier molecular flexibility index (Phi) is 3.86. The van der Waals surface area contributed by atoms with Crippen LogP contribution in [-0.2, 0) is 0 Å². The highest BCUT2D eigenvalue weighted by molar-refractivity contribution is 5.15. The van der Waals surface area contributed by atoms with Gasteiger partial charge in [-0.1, -0.05) is 13.3 Å². The third-order valence-corrected chi connectivity index (χ3v) is 2.43. The fourth-order valence-electron chi connectivity index (χ4n) is 1.43. The van der Waals surface area contributed by atoms with Crippen LogP contribution in [0.1, 0.15) is 24.9 Å². The maximum Gasteiger partial charge on any atom is 0.0336 e. The molecule has 0 aliphatic heterocycles. The molecule has 2 unspecified atom stereocenters. The molecule has 4 N–H and O–H groups in total. The Morgan fingerprint density at radius 1 is 1.38 bits per heavy atom. The van der Waals surface area contributed by atoms with Crippen LogP contribution in [0.2, 0.25) is 0 Å². The molecule has 0 amide bonds. The van der Waals surface area contributed by atoms with Crippen molar-refractivity contribution in [3.63, 3.8) is 0 Å². The van der Waals surface area contributed by atoms with Gasteiger partial charge in [-0.2, -0.15) is 0 Å². The molecule has 1 rings (SSSR count). The van der Waals surface area contributed by atoms with Crippen molar-refractivity contribution in [2.75, 3.05) is 6.54 Å². The molecule has 0 saturated heterocycles. The smallest absolute Gasteiger partial charge is 0.0336 e. The maximum atomic E-state index is 6.05. The van der Waals surface area contributed by atoms with E-state index in [9.17, 15) is 0 Å². The molecule has 0 bridgehead atoms. The fraction of sp³-hybridized carbons (Fsp3) is 0.500. The van der Waals surface area contributed by atoms with E-state index in [2.05, 4.69) is 11.9 Å². The second kappa shape index (κ2) is 4.94. The van der Waals surface area contributed by atoms with Crippen molar-refractivity contribution in [2.45, 2.75) is 19.4 Å². The van der Waals surface area contributed by atoms with E-state index in [0.29, 0.717) is 12.5 Å². The predicted octanol–water partition coefficient (Wildman–Crippen LogP) is 1.07. The summed E-state index contributed by atoms with van der Waals surface area (Å²) in [6, 6.07) is 3.93. The quantitative estimate of drug-likeness (QED) is 0.726. The predicted molar refractivity (Wildman–Crippen MR) is 54.0 cm³/mol. The average Bonchev–Trinajstić information content (AvgIpc) is 2.21. The van der Waals surface area contributed by atoms with Crippen LogP contribution in [0, 0.1) is 5.92 Å². The molecule has 3 heteroatoms. The van der Waals surface area contributed by atoms with E-state index in [0.717, 1.165) is 12.0 Å². The minimum Gasteiger partial charge on any atom is -0.330 e. The zero-order chi connectivity index (χ0) is 9.68. The van der Waals surface area contributed by atoms with Gasteiger partial charge in [-0.15, -0.1) is 0 Å². The summed E-state index contributed by atoms with van der Waals surface area (Å²) in [5.41, 5.74) is 12.8. The molecule has 1 aromatic heterocycles. The lowest BCUT2D eigenvalue weighted by Gasteiger charge is -2.20. The Bertz CT molecular complexity index is 231. The van der Waals surface area contributed by atoms with Crippen molar-refractivity contribution >= 4 is 0 Å². The second-order valence-corrected chi connectivity index (χ2v) is 3.21. The van der Waals surface area contributed by atoms with Crippen LogP contribution >= 0.6 is 0 Å². The SMILES string of the molecule is CCC(CN)C(N)c1ccncc1. The first-order chi connectivity index (χ1) is 6.29. The van der Waals surface area contributed by atoms with Crippen LogP contribution < -0.4 is 11.5 Å². The van der Waals surface area contributed by atoms with E-state index in [1.165, 1.54) is 0 Å². The number of hydrogen-bond donors (Lipinski definition) is 2. The van der Waals surface area contributed by atoms with Gasteiger partial charge in [0.15, 0.2) is 0 Å². The summed E-state index contributed by atoms with van der Waals surface area (Å²) < 4.78 is 0. The second-order valence-electron chi connectivity index (χ2n) is 3.21. The molecule has 1 aromatic rings. The van der Waals surface area contributed by atoms with Crippen LogP contribution in [0.25, 0.3) is 0 Å². The molecule has 72 valence electrons. The lowest BCUT2D eigenvalue weighted by Crippen LogP contribution is -2.27. The lowest BCUT2D eigenvalue weighted by molar-refractivity contribution is 0.428. The van der Waals surface area contributed by atoms with Gasteiger partial charge in [0.05, 0.1) is 0 Å². The zero-order valence-corrected chi connectivity index (χ0v) is 7.98. The van der Waals surface area contributed by atoms with Crippen LogP contribution in [0.4, 0.5) is 0 Å². The molecule has 0 aliphatic carbocycles. The fourth-order valence-corrected chi connectivity index (χ4v) is 1.43. The average molecular weight is 179 g/mol. The highest BCUT2D eigenvalue weighted by Crippen LogP contribution is 2.20. The Hall–Kier alpha value is -0.930. The van der Waals surface area contributed by atoms with Gasteiger partial charge in [-0.25, -0.2) is 0 Å². The van der Waals surface area contributed by atoms with Gasteiger partial charge < -0.3 is 11.5 Å². The monoisotopic (exact) mass is 179 g/mol. The molecule has 0 radical (unpaired) electrons. The number of rotatable bonds is 4. The molecule has 1 heterocycles. The normalized spacial score (nSPS) is 15.3. The van der Waals surface area contributed by atoms with Crippen LogP contribution in [0.15, 0.2) is 24.5 Å². The van der Waals surface area contributed by atoms with Gasteiger partial charge in [0.2, 0.25) is 0 Å². The summed E-state index contributed by atoms with van der Waals surface area (Å²) in [5.74, 6) is 0.363. The number of nitrogens with two attached hydrogens (primary N) is 2. The molecule has 3 nitrogen and oxygen atoms in total. The van der Waals surface area contributed by atoms with Gasteiger partial charge >= 0.3 is 0 Å². The lowest BCUT2D eigenvalue weighted by atomic mass is 9.92. The molecule has 0 fully saturated rings. The highest BCUT2D eigenvalue weighted by atomic mass is 14.7. The van der Waals surface area contributed by atoms with E-state index in [-0.39, 0.29) is 6.04 Å². The first kappa shape index (κ1) is 10.2. The molecule has 0 spiro atoms. The van der Waals surface area contributed by atoms with E-state index >= 15 is 0 Å². The van der Waals surface area contributed by atoms with Gasteiger partial charge in [0.1, 0.15) is 0 Å². The molecule has 2 atom stereocenters. The maximum absolute atomic E-state index is 6.05. The van der Waals surface area contributed by atoms with E-state index in [1.807, 2.05) is 12.1 Å². The summed E-state index contributed by atoms with van der Waals surface area (Å²) in [6.07, 6.45) is 4.54. The summed E-state index contributed by atoms with van der Waals surface area (Å²) in [6.45, 7) is 2.75. The third-order valence-electron chi connectivity index (χ3n) is 2.43. The zero-order valence-electron chi connectivity index (χ0n) is 7.98. The summed E-state index contributed by atoms with van der Waals surface area (Å²) in [5, 5.41) is 0. The van der Waals surface area contributed by atoms with Crippen molar-refractivity contribution < 1.29 is 0 Å². The molecule has 0 aromatic carbocycles. The molecule has 0 saturated carbocycles. The Balaban J connectivity index is 2.72. The topological polar surface area (TPSA) is 64.9 Å². The van der Waals surface area contributed by atoms with Gasteiger partial charge in [0.25, 0.3) is 0 Å². The van der Waals surface area contributed by atoms with Crippen LogP contribution in [-0.4, -0.2) is 11.5 Å². The Morgan fingerprint density at radius 2 is 2.00 bits per heavy atom. The minimum atomic E-state index is 0.0398. The minimum absolute atomic E-state index is 0.0398. The van der Waals surface area contributed by atoms with Gasteiger partial charge in [-0.3, -0.25) is 4.98 Å². The Labute approximate surface area is 79.2 Å². The van der Waals surface area contributed by atoms with Crippen molar-refractivity contribution in [2.24, 2.45) is 17.4 Å². The van der Waals surface area contributed by atoms with E-state index in [1.54, 1.807) is 12.4 Å². The molecule has 0 aliphatic rings. The number of hydrogen-bond acceptors (Lipinski definition) is 3. The molecule has 13 heavy (non-hydrogen) atoms. The van der Waals surface area contributed by atoms with Gasteiger partial charge in [0, 0.05) is 18.4 Å². The van der Waals surface area contributed by atoms with E-state index < -0.39 is 0 Å². The number of pyridine rings is 1. The number of nitrogens with zero attached hydrogens (tertiary/aromatic N) is 1.